The molecular weight excluding hydrogens is 254 g/mol. The number of halogens is 1. The summed E-state index contributed by atoms with van der Waals surface area (Å²) >= 11 is 7.72. The fraction of sp³-hybridized carbons (Fsp3) is 0.692. The summed E-state index contributed by atoms with van der Waals surface area (Å²) in [4.78, 5) is 3.84. The van der Waals surface area contributed by atoms with E-state index < -0.39 is 0 Å². The molecule has 17 heavy (non-hydrogen) atoms. The highest BCUT2D eigenvalue weighted by Gasteiger charge is 2.45. The summed E-state index contributed by atoms with van der Waals surface area (Å²) in [5.74, 6) is 0.889. The fourth-order valence-electron chi connectivity index (χ4n) is 3.68. The molecule has 94 valence electrons. The lowest BCUT2D eigenvalue weighted by molar-refractivity contribution is 0.0602. The number of fused-ring (bicyclic) bond motifs is 2. The lowest BCUT2D eigenvalue weighted by Gasteiger charge is -2.42. The zero-order valence-electron chi connectivity index (χ0n) is 9.97. The summed E-state index contributed by atoms with van der Waals surface area (Å²) in [6, 6.07) is 5.39. The molecule has 2 bridgehead atoms. The topological polar surface area (TPSA) is 23.5 Å². The highest BCUT2D eigenvalue weighted by molar-refractivity contribution is 7.16. The first-order valence-electron chi connectivity index (χ1n) is 6.28. The van der Waals surface area contributed by atoms with E-state index in [9.17, 15) is 5.11 Å². The lowest BCUT2D eigenvalue weighted by Crippen LogP contribution is -2.46. The number of nitrogens with zero attached hydrogens (tertiary/aromatic N) is 1. The van der Waals surface area contributed by atoms with Gasteiger partial charge in [0.05, 0.1) is 4.34 Å². The first-order valence-corrected chi connectivity index (χ1v) is 7.48. The molecule has 1 N–H and O–H groups in total. The van der Waals surface area contributed by atoms with Crippen LogP contribution in [0.1, 0.15) is 30.1 Å². The summed E-state index contributed by atoms with van der Waals surface area (Å²) < 4.78 is 0.864. The monoisotopic (exact) mass is 271 g/mol. The van der Waals surface area contributed by atoms with Gasteiger partial charge in [0.15, 0.2) is 0 Å². The standard InChI is InChI=1S/C13H18ClNOS/c1-15-8-2-3-11(15)10(7-16)9(6-8)12-4-5-13(14)17-12/h4-5,8-11,16H,2-3,6-7H2,1H3. The van der Waals surface area contributed by atoms with Crippen molar-refractivity contribution in [1.29, 1.82) is 0 Å². The lowest BCUT2D eigenvalue weighted by atomic mass is 9.80. The summed E-state index contributed by atoms with van der Waals surface area (Å²) in [7, 11) is 2.21. The highest BCUT2D eigenvalue weighted by atomic mass is 35.5. The molecule has 4 atom stereocenters. The Morgan fingerprint density at radius 2 is 2.29 bits per heavy atom. The molecular formula is C13H18ClNOS. The Hall–Kier alpha value is -0.0900. The van der Waals surface area contributed by atoms with Gasteiger partial charge in [-0.2, -0.15) is 0 Å². The van der Waals surface area contributed by atoms with Gasteiger partial charge in [0.2, 0.25) is 0 Å². The predicted octanol–water partition coefficient (Wildman–Crippen LogP) is 2.96. The van der Waals surface area contributed by atoms with Crippen LogP contribution in [0.3, 0.4) is 0 Å². The SMILES string of the molecule is CN1C2CCC1C(CO)C(c1ccc(Cl)s1)C2. The van der Waals surface area contributed by atoms with Crippen LogP contribution >= 0.6 is 22.9 Å². The van der Waals surface area contributed by atoms with Crippen LogP contribution in [0.2, 0.25) is 4.34 Å². The van der Waals surface area contributed by atoms with Crippen LogP contribution in [0.25, 0.3) is 0 Å². The number of rotatable bonds is 2. The summed E-state index contributed by atoms with van der Waals surface area (Å²) in [6.07, 6.45) is 3.70. The van der Waals surface area contributed by atoms with E-state index in [1.54, 1.807) is 11.3 Å². The molecule has 4 heteroatoms. The van der Waals surface area contributed by atoms with Gasteiger partial charge in [-0.15, -0.1) is 11.3 Å². The van der Waals surface area contributed by atoms with Gasteiger partial charge in [-0.25, -0.2) is 0 Å². The molecule has 0 saturated carbocycles. The number of aliphatic hydroxyl groups is 1. The Morgan fingerprint density at radius 1 is 1.47 bits per heavy atom. The smallest absolute Gasteiger partial charge is 0.0931 e. The molecule has 3 rings (SSSR count). The Morgan fingerprint density at radius 3 is 2.94 bits per heavy atom. The predicted molar refractivity (Wildman–Crippen MR) is 71.8 cm³/mol. The third-order valence-corrected chi connectivity index (χ3v) is 5.97. The average molecular weight is 272 g/mol. The zero-order valence-corrected chi connectivity index (χ0v) is 11.5. The average Bonchev–Trinajstić information content (AvgIpc) is 2.82. The number of thiophene rings is 1. The van der Waals surface area contributed by atoms with Gasteiger partial charge >= 0.3 is 0 Å². The molecule has 0 radical (unpaired) electrons. The molecule has 2 saturated heterocycles. The van der Waals surface area contributed by atoms with E-state index in [1.807, 2.05) is 6.07 Å². The zero-order chi connectivity index (χ0) is 12.0. The minimum Gasteiger partial charge on any atom is -0.396 e. The molecule has 0 spiro atoms. The van der Waals surface area contributed by atoms with Gasteiger partial charge in [0, 0.05) is 35.4 Å². The van der Waals surface area contributed by atoms with E-state index >= 15 is 0 Å². The molecule has 1 aromatic heterocycles. The van der Waals surface area contributed by atoms with Crippen molar-refractivity contribution < 1.29 is 5.11 Å². The van der Waals surface area contributed by atoms with Crippen molar-refractivity contribution in [2.45, 2.75) is 37.3 Å². The maximum absolute atomic E-state index is 9.71. The van der Waals surface area contributed by atoms with E-state index in [0.29, 0.717) is 30.5 Å². The van der Waals surface area contributed by atoms with Crippen LogP contribution in [0.15, 0.2) is 12.1 Å². The molecule has 2 aliphatic heterocycles. The minimum atomic E-state index is 0.294. The van der Waals surface area contributed by atoms with Gasteiger partial charge < -0.3 is 10.0 Å². The molecule has 1 aromatic rings. The van der Waals surface area contributed by atoms with Crippen molar-refractivity contribution in [3.63, 3.8) is 0 Å². The van der Waals surface area contributed by atoms with Gasteiger partial charge in [-0.1, -0.05) is 11.6 Å². The second kappa shape index (κ2) is 4.54. The molecule has 2 nitrogen and oxygen atoms in total. The fourth-order valence-corrected chi connectivity index (χ4v) is 4.93. The maximum atomic E-state index is 9.71. The minimum absolute atomic E-state index is 0.294. The molecule has 2 fully saturated rings. The first-order chi connectivity index (χ1) is 8.20. The second-order valence-electron chi connectivity index (χ2n) is 5.29. The maximum Gasteiger partial charge on any atom is 0.0931 e. The van der Waals surface area contributed by atoms with Crippen molar-refractivity contribution in [1.82, 2.24) is 4.90 Å². The van der Waals surface area contributed by atoms with E-state index in [1.165, 1.54) is 24.1 Å². The number of hydrogen-bond acceptors (Lipinski definition) is 3. The van der Waals surface area contributed by atoms with Crippen LogP contribution in [0, 0.1) is 5.92 Å². The van der Waals surface area contributed by atoms with Crippen molar-refractivity contribution in [3.8, 4) is 0 Å². The van der Waals surface area contributed by atoms with E-state index in [0.717, 1.165) is 4.34 Å². The first kappa shape index (κ1) is 12.0. The Bertz CT molecular complexity index is 408. The largest absolute Gasteiger partial charge is 0.396 e. The molecule has 0 amide bonds. The number of piperidine rings is 1. The summed E-state index contributed by atoms with van der Waals surface area (Å²) in [5.41, 5.74) is 0. The van der Waals surface area contributed by atoms with Crippen LogP contribution in [0.4, 0.5) is 0 Å². The van der Waals surface area contributed by atoms with E-state index in [2.05, 4.69) is 18.0 Å². The van der Waals surface area contributed by atoms with Gasteiger partial charge in [-0.3, -0.25) is 0 Å². The molecule has 0 aliphatic carbocycles. The van der Waals surface area contributed by atoms with Crippen molar-refractivity contribution in [2.75, 3.05) is 13.7 Å². The Labute approximate surface area is 111 Å². The Balaban J connectivity index is 1.90. The van der Waals surface area contributed by atoms with Gasteiger partial charge in [0.25, 0.3) is 0 Å². The van der Waals surface area contributed by atoms with E-state index in [-0.39, 0.29) is 0 Å². The van der Waals surface area contributed by atoms with Crippen LogP contribution < -0.4 is 0 Å². The quantitative estimate of drug-likeness (QED) is 0.894. The van der Waals surface area contributed by atoms with Crippen molar-refractivity contribution in [3.05, 3.63) is 21.3 Å². The second-order valence-corrected chi connectivity index (χ2v) is 7.04. The third kappa shape index (κ3) is 1.93. The van der Waals surface area contributed by atoms with Gasteiger partial charge in [0.1, 0.15) is 0 Å². The normalized spacial score (nSPS) is 37.6. The van der Waals surface area contributed by atoms with Crippen LogP contribution in [-0.2, 0) is 0 Å². The van der Waals surface area contributed by atoms with E-state index in [4.69, 9.17) is 11.6 Å². The third-order valence-electron chi connectivity index (χ3n) is 4.60. The van der Waals surface area contributed by atoms with Crippen LogP contribution in [-0.4, -0.2) is 35.7 Å². The van der Waals surface area contributed by atoms with Crippen LogP contribution in [0.5, 0.6) is 0 Å². The van der Waals surface area contributed by atoms with Crippen molar-refractivity contribution >= 4 is 22.9 Å². The number of hydrogen-bond donors (Lipinski definition) is 1. The molecule has 3 heterocycles. The molecule has 2 aliphatic rings. The molecule has 4 unspecified atom stereocenters. The van der Waals surface area contributed by atoms with Gasteiger partial charge in [-0.05, 0) is 38.4 Å². The Kier molecular flexibility index (Phi) is 3.20. The number of aliphatic hydroxyl groups excluding tert-OH is 1. The highest BCUT2D eigenvalue weighted by Crippen LogP contribution is 2.47. The summed E-state index contributed by atoms with van der Waals surface area (Å²) in [6.45, 7) is 0.294. The van der Waals surface area contributed by atoms with Crippen molar-refractivity contribution in [2.24, 2.45) is 5.92 Å². The summed E-state index contributed by atoms with van der Waals surface area (Å²) in [5, 5.41) is 9.71. The molecule has 0 aromatic carbocycles.